The fourth-order valence-corrected chi connectivity index (χ4v) is 3.59. The summed E-state index contributed by atoms with van der Waals surface area (Å²) in [6, 6.07) is 7.84. The van der Waals surface area contributed by atoms with Crippen molar-refractivity contribution in [2.24, 2.45) is 17.6 Å². The van der Waals surface area contributed by atoms with Crippen LogP contribution in [0.2, 0.25) is 0 Å². The first-order chi connectivity index (χ1) is 12.0. The van der Waals surface area contributed by atoms with Gasteiger partial charge < -0.3 is 11.1 Å². The lowest BCUT2D eigenvalue weighted by molar-refractivity contribution is -0.113. The summed E-state index contributed by atoms with van der Waals surface area (Å²) in [6.45, 7) is 3.99. The van der Waals surface area contributed by atoms with Gasteiger partial charge in [0.05, 0.1) is 11.4 Å². The molecule has 1 heterocycles. The van der Waals surface area contributed by atoms with Gasteiger partial charge in [-0.2, -0.15) is 5.10 Å². The third-order valence-corrected chi connectivity index (χ3v) is 5.15. The number of benzene rings is 1. The average molecular weight is 336 g/mol. The van der Waals surface area contributed by atoms with E-state index >= 15 is 0 Å². The van der Waals surface area contributed by atoms with Crippen LogP contribution in [0.5, 0.6) is 0 Å². The number of rotatable bonds is 5. The van der Waals surface area contributed by atoms with Crippen molar-refractivity contribution in [3.63, 3.8) is 0 Å². The standard InChI is InChI=1S/C20H24N4O/c1-11-17(12(2)24-23-11)13-7-9-16(10-8-13)22-20(25)19(21)18(14-3-4-14)15-5-6-15/h7-10,14-15H,3-6,21H2,1-2H3,(H,22,25)(H,23,24). The second-order valence-electron chi connectivity index (χ2n) is 7.26. The number of anilines is 1. The predicted octanol–water partition coefficient (Wildman–Crippen LogP) is 3.66. The number of hydrogen-bond acceptors (Lipinski definition) is 3. The highest BCUT2D eigenvalue weighted by Crippen LogP contribution is 2.49. The molecule has 2 fully saturated rings. The van der Waals surface area contributed by atoms with Crippen molar-refractivity contribution >= 4 is 11.6 Å². The molecule has 0 unspecified atom stereocenters. The Morgan fingerprint density at radius 1 is 1.12 bits per heavy atom. The highest BCUT2D eigenvalue weighted by atomic mass is 16.2. The highest BCUT2D eigenvalue weighted by Gasteiger charge is 2.39. The van der Waals surface area contributed by atoms with Gasteiger partial charge in [-0.05, 0) is 74.6 Å². The molecule has 1 aromatic heterocycles. The van der Waals surface area contributed by atoms with E-state index in [1.165, 1.54) is 31.3 Å². The first-order valence-electron chi connectivity index (χ1n) is 8.97. The van der Waals surface area contributed by atoms with Crippen LogP contribution < -0.4 is 11.1 Å². The molecule has 4 rings (SSSR count). The van der Waals surface area contributed by atoms with Crippen molar-refractivity contribution in [2.75, 3.05) is 5.32 Å². The maximum Gasteiger partial charge on any atom is 0.271 e. The maximum absolute atomic E-state index is 12.5. The van der Waals surface area contributed by atoms with Crippen LogP contribution in [0.15, 0.2) is 35.5 Å². The molecule has 2 aromatic rings. The Bertz CT molecular complexity index is 806. The number of carbonyl (C=O) groups excluding carboxylic acids is 1. The number of H-pyrrole nitrogens is 1. The summed E-state index contributed by atoms with van der Waals surface area (Å²) in [4.78, 5) is 12.5. The first-order valence-corrected chi connectivity index (χ1v) is 8.97. The molecule has 130 valence electrons. The molecule has 4 N–H and O–H groups in total. The van der Waals surface area contributed by atoms with Crippen molar-refractivity contribution in [1.82, 2.24) is 10.2 Å². The third kappa shape index (κ3) is 3.18. The van der Waals surface area contributed by atoms with Crippen molar-refractivity contribution in [2.45, 2.75) is 39.5 Å². The zero-order valence-electron chi connectivity index (χ0n) is 14.7. The summed E-state index contributed by atoms with van der Waals surface area (Å²) in [5.41, 5.74) is 12.8. The van der Waals surface area contributed by atoms with Crippen molar-refractivity contribution in [1.29, 1.82) is 0 Å². The molecule has 2 aliphatic rings. The molecule has 2 saturated carbocycles. The molecule has 0 saturated heterocycles. The minimum atomic E-state index is -0.169. The summed E-state index contributed by atoms with van der Waals surface area (Å²) in [5, 5.41) is 10.2. The monoisotopic (exact) mass is 336 g/mol. The van der Waals surface area contributed by atoms with E-state index in [9.17, 15) is 4.79 Å². The number of aryl methyl sites for hydroxylation is 2. The minimum absolute atomic E-state index is 0.169. The predicted molar refractivity (Wildman–Crippen MR) is 98.8 cm³/mol. The SMILES string of the molecule is Cc1n[nH]c(C)c1-c1ccc(NC(=O)C(N)=C(C2CC2)C2CC2)cc1. The largest absolute Gasteiger partial charge is 0.394 e. The smallest absolute Gasteiger partial charge is 0.271 e. The normalized spacial score (nSPS) is 16.6. The fraction of sp³-hybridized carbons (Fsp3) is 0.400. The molecule has 0 spiro atoms. The Balaban J connectivity index is 1.51. The van der Waals surface area contributed by atoms with Crippen molar-refractivity contribution in [3.05, 3.63) is 46.9 Å². The van der Waals surface area contributed by atoms with Crippen LogP contribution in [-0.2, 0) is 4.79 Å². The van der Waals surface area contributed by atoms with Crippen LogP contribution in [0.3, 0.4) is 0 Å². The first kappa shape index (κ1) is 15.9. The third-order valence-electron chi connectivity index (χ3n) is 5.15. The molecule has 1 amide bonds. The Morgan fingerprint density at radius 2 is 1.72 bits per heavy atom. The Morgan fingerprint density at radius 3 is 2.20 bits per heavy atom. The Labute approximate surface area is 147 Å². The number of nitrogens with zero attached hydrogens (tertiary/aromatic N) is 1. The molecule has 0 radical (unpaired) electrons. The highest BCUT2D eigenvalue weighted by molar-refractivity contribution is 6.03. The van der Waals surface area contributed by atoms with E-state index in [0.717, 1.165) is 28.2 Å². The van der Waals surface area contributed by atoms with Crippen LogP contribution in [-0.4, -0.2) is 16.1 Å². The van der Waals surface area contributed by atoms with Gasteiger partial charge in [-0.15, -0.1) is 0 Å². The molecule has 25 heavy (non-hydrogen) atoms. The van der Waals surface area contributed by atoms with Gasteiger partial charge in [-0.25, -0.2) is 0 Å². The molecular formula is C20H24N4O. The number of nitrogens with one attached hydrogen (secondary N) is 2. The number of allylic oxidation sites excluding steroid dienone is 1. The van der Waals surface area contributed by atoms with E-state index in [2.05, 4.69) is 15.5 Å². The van der Waals surface area contributed by atoms with Gasteiger partial charge in [-0.3, -0.25) is 9.89 Å². The number of aromatic nitrogens is 2. The van der Waals surface area contributed by atoms with Gasteiger partial charge >= 0.3 is 0 Å². The minimum Gasteiger partial charge on any atom is -0.394 e. The van der Waals surface area contributed by atoms with Gasteiger partial charge in [0.25, 0.3) is 5.91 Å². The van der Waals surface area contributed by atoms with Crippen LogP contribution in [0.1, 0.15) is 37.1 Å². The van der Waals surface area contributed by atoms with Crippen LogP contribution in [0.25, 0.3) is 11.1 Å². The Kier molecular flexibility index (Phi) is 3.86. The van der Waals surface area contributed by atoms with Gasteiger partial charge in [-0.1, -0.05) is 12.1 Å². The molecule has 1 aromatic carbocycles. The molecule has 2 aliphatic carbocycles. The lowest BCUT2D eigenvalue weighted by atomic mass is 10.0. The van der Waals surface area contributed by atoms with Gasteiger partial charge in [0.1, 0.15) is 0 Å². The van der Waals surface area contributed by atoms with E-state index in [1.54, 1.807) is 0 Å². The van der Waals surface area contributed by atoms with E-state index in [1.807, 2.05) is 38.1 Å². The fourth-order valence-electron chi connectivity index (χ4n) is 3.59. The summed E-state index contributed by atoms with van der Waals surface area (Å²) in [6.07, 6.45) is 4.71. The summed E-state index contributed by atoms with van der Waals surface area (Å²) in [7, 11) is 0. The van der Waals surface area contributed by atoms with Crippen LogP contribution in [0.4, 0.5) is 5.69 Å². The molecule has 0 aliphatic heterocycles. The maximum atomic E-state index is 12.5. The molecule has 5 nitrogen and oxygen atoms in total. The van der Waals surface area contributed by atoms with Gasteiger partial charge in [0.15, 0.2) is 0 Å². The van der Waals surface area contributed by atoms with Crippen molar-refractivity contribution < 1.29 is 4.79 Å². The number of hydrogen-bond donors (Lipinski definition) is 3. The van der Waals surface area contributed by atoms with Gasteiger partial charge in [0, 0.05) is 16.9 Å². The van der Waals surface area contributed by atoms with E-state index in [4.69, 9.17) is 5.73 Å². The molecule has 0 bridgehead atoms. The number of aromatic amines is 1. The summed E-state index contributed by atoms with van der Waals surface area (Å²) >= 11 is 0. The topological polar surface area (TPSA) is 83.8 Å². The lowest BCUT2D eigenvalue weighted by Gasteiger charge is -2.11. The number of carbonyl (C=O) groups is 1. The second-order valence-corrected chi connectivity index (χ2v) is 7.26. The quantitative estimate of drug-likeness (QED) is 0.729. The number of amides is 1. The van der Waals surface area contributed by atoms with Gasteiger partial charge in [0.2, 0.25) is 0 Å². The number of nitrogens with two attached hydrogens (primary N) is 1. The zero-order chi connectivity index (χ0) is 17.6. The van der Waals surface area contributed by atoms with E-state index in [-0.39, 0.29) is 5.91 Å². The Hall–Kier alpha value is -2.56. The van der Waals surface area contributed by atoms with E-state index < -0.39 is 0 Å². The van der Waals surface area contributed by atoms with Crippen molar-refractivity contribution in [3.8, 4) is 11.1 Å². The van der Waals surface area contributed by atoms with Crippen LogP contribution in [0, 0.1) is 25.7 Å². The van der Waals surface area contributed by atoms with E-state index in [0.29, 0.717) is 17.5 Å². The second kappa shape index (κ2) is 6.06. The molecule has 0 atom stereocenters. The lowest BCUT2D eigenvalue weighted by Crippen LogP contribution is -2.23. The molecule has 5 heteroatoms. The summed E-state index contributed by atoms with van der Waals surface area (Å²) in [5.74, 6) is 0.928. The summed E-state index contributed by atoms with van der Waals surface area (Å²) < 4.78 is 0. The zero-order valence-corrected chi connectivity index (χ0v) is 14.7. The molecular weight excluding hydrogens is 312 g/mol. The average Bonchev–Trinajstić information content (AvgIpc) is 3.51. The van der Waals surface area contributed by atoms with Crippen LogP contribution >= 0.6 is 0 Å².